The van der Waals surface area contributed by atoms with Crippen LogP contribution in [0, 0.1) is 0 Å². The molecule has 0 saturated carbocycles. The van der Waals surface area contributed by atoms with Gasteiger partial charge in [-0.3, -0.25) is 9.59 Å². The molecule has 26 heavy (non-hydrogen) atoms. The van der Waals surface area contributed by atoms with Crippen molar-refractivity contribution in [3.05, 3.63) is 53.6 Å². The van der Waals surface area contributed by atoms with E-state index in [1.54, 1.807) is 19.1 Å². The van der Waals surface area contributed by atoms with E-state index >= 15 is 0 Å². The number of carbonyl (C=O) groups is 2. The fraction of sp³-hybridized carbons (Fsp3) is 0.333. The molecule has 1 aliphatic rings. The zero-order valence-corrected chi connectivity index (χ0v) is 15.2. The molecule has 1 heterocycles. The molecule has 0 spiro atoms. The van der Waals surface area contributed by atoms with Crippen LogP contribution in [0.4, 0.5) is 5.69 Å². The Labute approximate surface area is 153 Å². The second kappa shape index (κ2) is 7.70. The first-order valence-electron chi connectivity index (χ1n) is 8.93. The lowest BCUT2D eigenvalue weighted by Crippen LogP contribution is -2.40. The number of hydrogen-bond acceptors (Lipinski definition) is 3. The Kier molecular flexibility index (Phi) is 5.38. The van der Waals surface area contributed by atoms with E-state index in [0.29, 0.717) is 5.56 Å². The first-order valence-corrected chi connectivity index (χ1v) is 8.93. The fourth-order valence-corrected chi connectivity index (χ4v) is 3.50. The van der Waals surface area contributed by atoms with Crippen molar-refractivity contribution in [1.82, 2.24) is 5.32 Å². The molecule has 0 bridgehead atoms. The predicted molar refractivity (Wildman–Crippen MR) is 102 cm³/mol. The highest BCUT2D eigenvalue weighted by atomic mass is 16.3. The van der Waals surface area contributed by atoms with Gasteiger partial charge < -0.3 is 15.3 Å². The van der Waals surface area contributed by atoms with Crippen molar-refractivity contribution in [2.45, 2.75) is 32.7 Å². The highest BCUT2D eigenvalue weighted by molar-refractivity contribution is 5.95. The second-order valence-corrected chi connectivity index (χ2v) is 6.68. The molecule has 1 atom stereocenters. The number of anilines is 1. The summed E-state index contributed by atoms with van der Waals surface area (Å²) in [6.45, 7) is 3.87. The first kappa shape index (κ1) is 18.1. The Morgan fingerprint density at radius 2 is 1.85 bits per heavy atom. The lowest BCUT2D eigenvalue weighted by molar-refractivity contribution is -0.117. The van der Waals surface area contributed by atoms with Crippen LogP contribution in [0.25, 0.3) is 11.1 Å². The van der Waals surface area contributed by atoms with Crippen LogP contribution in [0.5, 0.6) is 0 Å². The molecule has 2 aromatic rings. The standard InChI is InChI=1S/C21H24N2O3/c1-14-3-4-19-13-18(9-10-20(19)23(14)15(2)25)16-5-7-17(8-6-16)21(26)22-11-12-24/h5-10,13-14,24H,3-4,11-12H2,1-2H3,(H,22,26)/t14-/m0/s1. The van der Waals surface area contributed by atoms with Crippen molar-refractivity contribution in [3.63, 3.8) is 0 Å². The molecule has 5 heteroatoms. The van der Waals surface area contributed by atoms with Gasteiger partial charge in [-0.2, -0.15) is 0 Å². The van der Waals surface area contributed by atoms with E-state index in [4.69, 9.17) is 5.11 Å². The number of aliphatic hydroxyl groups is 1. The van der Waals surface area contributed by atoms with Crippen LogP contribution in [-0.4, -0.2) is 36.1 Å². The summed E-state index contributed by atoms with van der Waals surface area (Å²) in [5.41, 5.74) is 4.85. The number of aliphatic hydroxyl groups excluding tert-OH is 1. The topological polar surface area (TPSA) is 69.6 Å². The summed E-state index contributed by atoms with van der Waals surface area (Å²) in [5, 5.41) is 11.4. The number of aryl methyl sites for hydroxylation is 1. The summed E-state index contributed by atoms with van der Waals surface area (Å²) in [7, 11) is 0. The molecule has 136 valence electrons. The molecular weight excluding hydrogens is 328 g/mol. The lowest BCUT2D eigenvalue weighted by atomic mass is 9.93. The van der Waals surface area contributed by atoms with E-state index in [0.717, 1.165) is 29.7 Å². The molecule has 2 N–H and O–H groups in total. The van der Waals surface area contributed by atoms with E-state index in [2.05, 4.69) is 18.3 Å². The van der Waals surface area contributed by atoms with E-state index in [9.17, 15) is 9.59 Å². The molecule has 2 aromatic carbocycles. The van der Waals surface area contributed by atoms with Crippen molar-refractivity contribution >= 4 is 17.5 Å². The van der Waals surface area contributed by atoms with Gasteiger partial charge in [0.15, 0.2) is 0 Å². The summed E-state index contributed by atoms with van der Waals surface area (Å²) in [6, 6.07) is 13.8. The van der Waals surface area contributed by atoms with Crippen LogP contribution in [0.2, 0.25) is 0 Å². The molecule has 2 amide bonds. The van der Waals surface area contributed by atoms with Gasteiger partial charge >= 0.3 is 0 Å². The predicted octanol–water partition coefficient (Wildman–Crippen LogP) is 2.76. The van der Waals surface area contributed by atoms with Crippen molar-refractivity contribution in [3.8, 4) is 11.1 Å². The second-order valence-electron chi connectivity index (χ2n) is 6.68. The Morgan fingerprint density at radius 3 is 2.50 bits per heavy atom. The minimum Gasteiger partial charge on any atom is -0.395 e. The molecule has 0 fully saturated rings. The maximum atomic E-state index is 12.0. The Morgan fingerprint density at radius 1 is 1.15 bits per heavy atom. The molecule has 0 radical (unpaired) electrons. The third-order valence-electron chi connectivity index (χ3n) is 4.83. The van der Waals surface area contributed by atoms with Crippen molar-refractivity contribution in [2.75, 3.05) is 18.1 Å². The van der Waals surface area contributed by atoms with Crippen LogP contribution in [0.3, 0.4) is 0 Å². The number of nitrogens with zero attached hydrogens (tertiary/aromatic N) is 1. The van der Waals surface area contributed by atoms with Gasteiger partial charge in [0.25, 0.3) is 5.91 Å². The SMILES string of the molecule is CC(=O)N1c2ccc(-c3ccc(C(=O)NCCO)cc3)cc2CC[C@@H]1C. The van der Waals surface area contributed by atoms with Crippen LogP contribution in [0.1, 0.15) is 36.2 Å². The number of benzene rings is 2. The number of amides is 2. The van der Waals surface area contributed by atoms with Crippen LogP contribution in [-0.2, 0) is 11.2 Å². The number of fused-ring (bicyclic) bond motifs is 1. The maximum Gasteiger partial charge on any atom is 0.251 e. The third-order valence-corrected chi connectivity index (χ3v) is 4.83. The molecular formula is C21H24N2O3. The van der Waals surface area contributed by atoms with Gasteiger partial charge in [0.05, 0.1) is 6.61 Å². The Balaban J connectivity index is 1.85. The summed E-state index contributed by atoms with van der Waals surface area (Å²) < 4.78 is 0. The molecule has 0 saturated heterocycles. The molecule has 3 rings (SSSR count). The van der Waals surface area contributed by atoms with Crippen LogP contribution >= 0.6 is 0 Å². The molecule has 0 unspecified atom stereocenters. The molecule has 0 aliphatic carbocycles. The third kappa shape index (κ3) is 3.63. The smallest absolute Gasteiger partial charge is 0.251 e. The minimum absolute atomic E-state index is 0.0736. The van der Waals surface area contributed by atoms with Gasteiger partial charge in [-0.15, -0.1) is 0 Å². The number of nitrogens with one attached hydrogen (secondary N) is 1. The zero-order valence-electron chi connectivity index (χ0n) is 15.2. The molecule has 5 nitrogen and oxygen atoms in total. The van der Waals surface area contributed by atoms with Gasteiger partial charge in [0.1, 0.15) is 0 Å². The van der Waals surface area contributed by atoms with E-state index in [-0.39, 0.29) is 31.0 Å². The van der Waals surface area contributed by atoms with E-state index in [1.807, 2.05) is 29.2 Å². The van der Waals surface area contributed by atoms with E-state index < -0.39 is 0 Å². The number of rotatable bonds is 4. The number of hydrogen-bond donors (Lipinski definition) is 2. The van der Waals surface area contributed by atoms with Gasteiger partial charge in [-0.05, 0) is 60.7 Å². The normalized spacial score (nSPS) is 16.1. The Bertz CT molecular complexity index is 815. The van der Waals surface area contributed by atoms with Gasteiger partial charge in [0, 0.05) is 30.8 Å². The lowest BCUT2D eigenvalue weighted by Gasteiger charge is -2.34. The average Bonchev–Trinajstić information content (AvgIpc) is 2.65. The highest BCUT2D eigenvalue weighted by Gasteiger charge is 2.26. The largest absolute Gasteiger partial charge is 0.395 e. The first-order chi connectivity index (χ1) is 12.5. The van der Waals surface area contributed by atoms with Gasteiger partial charge in [-0.1, -0.05) is 18.2 Å². The maximum absolute atomic E-state index is 12.0. The highest BCUT2D eigenvalue weighted by Crippen LogP contribution is 2.34. The summed E-state index contributed by atoms with van der Waals surface area (Å²) >= 11 is 0. The van der Waals surface area contributed by atoms with Crippen LogP contribution in [0.15, 0.2) is 42.5 Å². The van der Waals surface area contributed by atoms with E-state index in [1.165, 1.54) is 5.56 Å². The van der Waals surface area contributed by atoms with Gasteiger partial charge in [-0.25, -0.2) is 0 Å². The zero-order chi connectivity index (χ0) is 18.7. The van der Waals surface area contributed by atoms with Crippen molar-refractivity contribution in [1.29, 1.82) is 0 Å². The summed E-state index contributed by atoms with van der Waals surface area (Å²) in [5.74, 6) is -0.119. The molecule has 1 aliphatic heterocycles. The van der Waals surface area contributed by atoms with Gasteiger partial charge in [0.2, 0.25) is 5.91 Å². The minimum atomic E-state index is -0.192. The van der Waals surface area contributed by atoms with Crippen molar-refractivity contribution in [2.24, 2.45) is 0 Å². The fourth-order valence-electron chi connectivity index (χ4n) is 3.50. The summed E-state index contributed by atoms with van der Waals surface area (Å²) in [6.07, 6.45) is 1.91. The van der Waals surface area contributed by atoms with Crippen molar-refractivity contribution < 1.29 is 14.7 Å². The Hall–Kier alpha value is -2.66. The molecule has 0 aromatic heterocycles. The average molecular weight is 352 g/mol. The quantitative estimate of drug-likeness (QED) is 0.889. The summed E-state index contributed by atoms with van der Waals surface area (Å²) in [4.78, 5) is 25.8. The monoisotopic (exact) mass is 352 g/mol. The van der Waals surface area contributed by atoms with Crippen LogP contribution < -0.4 is 10.2 Å². The number of carbonyl (C=O) groups excluding carboxylic acids is 2.